The normalized spacial score (nSPS) is 26.7. The molecule has 0 bridgehead atoms. The summed E-state index contributed by atoms with van der Waals surface area (Å²) in [6.45, 7) is 10.1. The number of hydrogen-bond donors (Lipinski definition) is 0. The minimum atomic E-state index is 0.0407. The van der Waals surface area contributed by atoms with Gasteiger partial charge in [0.25, 0.3) is 0 Å². The average molecular weight is 701 g/mol. The second kappa shape index (κ2) is 11.1. The SMILES string of the molecule is CC12CCCC1(C)N(c1ccccc1)c1ccc(-c3c4ccccc4c(-c4ccc5c(c4)C4(C)CCCC4(C)N5c4ccccc4)c4ccccc34)cc12. The molecule has 7 aromatic rings. The van der Waals surface area contributed by atoms with E-state index in [1.165, 1.54) is 116 Å². The highest BCUT2D eigenvalue weighted by molar-refractivity contribution is 6.21. The highest BCUT2D eigenvalue weighted by atomic mass is 15.3. The summed E-state index contributed by atoms with van der Waals surface area (Å²) in [7, 11) is 0. The zero-order valence-corrected chi connectivity index (χ0v) is 32.0. The van der Waals surface area contributed by atoms with Crippen LogP contribution in [-0.4, -0.2) is 11.1 Å². The summed E-state index contributed by atoms with van der Waals surface area (Å²) in [4.78, 5) is 5.34. The van der Waals surface area contributed by atoms with E-state index in [-0.39, 0.29) is 21.9 Å². The van der Waals surface area contributed by atoms with Crippen LogP contribution < -0.4 is 9.80 Å². The molecular formula is C52H48N2. The van der Waals surface area contributed by atoms with E-state index in [0.717, 1.165) is 0 Å². The molecule has 2 nitrogen and oxygen atoms in total. The molecule has 2 fully saturated rings. The minimum Gasteiger partial charge on any atom is -0.334 e. The van der Waals surface area contributed by atoms with Crippen LogP contribution in [0.3, 0.4) is 0 Å². The van der Waals surface area contributed by atoms with E-state index in [2.05, 4.69) is 183 Å². The van der Waals surface area contributed by atoms with Gasteiger partial charge in [-0.25, -0.2) is 0 Å². The highest BCUT2D eigenvalue weighted by Gasteiger charge is 2.60. The first kappa shape index (κ1) is 32.1. The smallest absolute Gasteiger partial charge is 0.0517 e. The zero-order chi connectivity index (χ0) is 36.5. The molecule has 2 saturated carbocycles. The van der Waals surface area contributed by atoms with E-state index < -0.39 is 0 Å². The fraction of sp³-hybridized carbons (Fsp3) is 0.269. The molecule has 11 rings (SSSR count). The van der Waals surface area contributed by atoms with Crippen LogP contribution in [0, 0.1) is 0 Å². The predicted octanol–water partition coefficient (Wildman–Crippen LogP) is 14.0. The molecule has 266 valence electrons. The fourth-order valence-electron chi connectivity index (χ4n) is 12.2. The van der Waals surface area contributed by atoms with E-state index in [4.69, 9.17) is 0 Å². The third kappa shape index (κ3) is 3.96. The second-order valence-corrected chi connectivity index (χ2v) is 17.6. The van der Waals surface area contributed by atoms with E-state index in [0.29, 0.717) is 0 Å². The van der Waals surface area contributed by atoms with Crippen molar-refractivity contribution >= 4 is 44.3 Å². The first-order valence-corrected chi connectivity index (χ1v) is 20.2. The molecule has 0 aromatic heterocycles. The quantitative estimate of drug-likeness (QED) is 0.169. The lowest BCUT2D eigenvalue weighted by Gasteiger charge is -2.42. The maximum atomic E-state index is 2.67. The molecule has 2 aliphatic carbocycles. The van der Waals surface area contributed by atoms with Crippen molar-refractivity contribution in [3.8, 4) is 22.3 Å². The summed E-state index contributed by atoms with van der Waals surface area (Å²) >= 11 is 0. The Hall–Kier alpha value is -5.34. The first-order chi connectivity index (χ1) is 26.3. The van der Waals surface area contributed by atoms with Gasteiger partial charge in [0.05, 0.1) is 11.1 Å². The minimum absolute atomic E-state index is 0.0407. The monoisotopic (exact) mass is 700 g/mol. The van der Waals surface area contributed by atoms with Gasteiger partial charge < -0.3 is 9.80 Å². The van der Waals surface area contributed by atoms with Crippen LogP contribution in [-0.2, 0) is 10.8 Å². The van der Waals surface area contributed by atoms with Crippen LogP contribution in [0.1, 0.15) is 77.3 Å². The Balaban J connectivity index is 1.13. The van der Waals surface area contributed by atoms with Crippen LogP contribution >= 0.6 is 0 Å². The number of benzene rings is 7. The second-order valence-electron chi connectivity index (χ2n) is 17.6. The van der Waals surface area contributed by atoms with Crippen molar-refractivity contribution in [2.45, 2.75) is 88.1 Å². The third-order valence-electron chi connectivity index (χ3n) is 15.2. The summed E-state index contributed by atoms with van der Waals surface area (Å²) in [5.74, 6) is 0. The van der Waals surface area contributed by atoms with Crippen molar-refractivity contribution < 1.29 is 0 Å². The lowest BCUT2D eigenvalue weighted by molar-refractivity contribution is 0.330. The Morgan fingerprint density at radius 1 is 0.389 bits per heavy atom. The van der Waals surface area contributed by atoms with E-state index in [9.17, 15) is 0 Å². The summed E-state index contributed by atoms with van der Waals surface area (Å²) in [6, 6.07) is 55.4. The topological polar surface area (TPSA) is 6.48 Å². The van der Waals surface area contributed by atoms with Gasteiger partial charge in [-0.1, -0.05) is 124 Å². The number of nitrogens with zero attached hydrogens (tertiary/aromatic N) is 2. The molecule has 0 amide bonds. The van der Waals surface area contributed by atoms with Gasteiger partial charge in [-0.2, -0.15) is 0 Å². The Bertz CT molecular complexity index is 2400. The lowest BCUT2D eigenvalue weighted by Crippen LogP contribution is -2.48. The molecule has 2 heteroatoms. The van der Waals surface area contributed by atoms with Crippen LogP contribution in [0.5, 0.6) is 0 Å². The molecule has 2 heterocycles. The molecule has 4 unspecified atom stereocenters. The van der Waals surface area contributed by atoms with Crippen LogP contribution in [0.2, 0.25) is 0 Å². The summed E-state index contributed by atoms with van der Waals surface area (Å²) in [5, 5.41) is 5.30. The maximum absolute atomic E-state index is 2.67. The van der Waals surface area contributed by atoms with Gasteiger partial charge in [-0.15, -0.1) is 0 Å². The van der Waals surface area contributed by atoms with Crippen molar-refractivity contribution in [1.82, 2.24) is 0 Å². The first-order valence-electron chi connectivity index (χ1n) is 20.2. The Morgan fingerprint density at radius 2 is 0.741 bits per heavy atom. The molecule has 54 heavy (non-hydrogen) atoms. The number of rotatable bonds is 4. The average Bonchev–Trinajstić information content (AvgIpc) is 3.80. The van der Waals surface area contributed by atoms with Crippen molar-refractivity contribution in [1.29, 1.82) is 0 Å². The van der Waals surface area contributed by atoms with E-state index >= 15 is 0 Å². The standard InChI is InChI=1S/C52H48N2/c1-49-29-15-31-51(49,3)53(37-17-7-5-8-18-37)45-27-25-35(33-43(45)49)47-39-21-11-13-23-41(39)48(42-24-14-12-22-40(42)47)36-26-28-46-44(34-36)50(2)30-16-32-52(50,4)54(46)38-19-9-6-10-20-38/h5-14,17-28,33-34H,15-16,29-32H2,1-4H3. The number of fused-ring (bicyclic) bond motifs is 8. The molecule has 0 spiro atoms. The van der Waals surface area contributed by atoms with Gasteiger partial charge in [-0.3, -0.25) is 0 Å². The number of para-hydroxylation sites is 2. The van der Waals surface area contributed by atoms with Crippen molar-refractivity contribution in [3.05, 3.63) is 157 Å². The van der Waals surface area contributed by atoms with Gasteiger partial charge in [0.1, 0.15) is 0 Å². The van der Waals surface area contributed by atoms with Crippen LogP contribution in [0.25, 0.3) is 43.8 Å². The lowest BCUT2D eigenvalue weighted by atomic mass is 9.71. The molecule has 4 atom stereocenters. The summed E-state index contributed by atoms with van der Waals surface area (Å²) in [5.41, 5.74) is 13.9. The molecule has 7 aromatic carbocycles. The maximum Gasteiger partial charge on any atom is 0.0517 e. The Labute approximate surface area is 320 Å². The Morgan fingerprint density at radius 3 is 1.11 bits per heavy atom. The summed E-state index contributed by atoms with van der Waals surface area (Å²) < 4.78 is 0. The van der Waals surface area contributed by atoms with Gasteiger partial charge in [0, 0.05) is 33.6 Å². The van der Waals surface area contributed by atoms with Crippen LogP contribution in [0.15, 0.2) is 146 Å². The van der Waals surface area contributed by atoms with Crippen molar-refractivity contribution in [2.75, 3.05) is 9.80 Å². The number of anilines is 4. The molecule has 2 aliphatic heterocycles. The van der Waals surface area contributed by atoms with Crippen molar-refractivity contribution in [3.63, 3.8) is 0 Å². The largest absolute Gasteiger partial charge is 0.334 e. The highest BCUT2D eigenvalue weighted by Crippen LogP contribution is 2.64. The van der Waals surface area contributed by atoms with E-state index in [1.54, 1.807) is 0 Å². The van der Waals surface area contributed by atoms with Gasteiger partial charge >= 0.3 is 0 Å². The third-order valence-corrected chi connectivity index (χ3v) is 15.2. The predicted molar refractivity (Wildman–Crippen MR) is 229 cm³/mol. The van der Waals surface area contributed by atoms with Crippen molar-refractivity contribution in [2.24, 2.45) is 0 Å². The summed E-state index contributed by atoms with van der Waals surface area (Å²) in [6.07, 6.45) is 7.32. The van der Waals surface area contributed by atoms with Gasteiger partial charge in [0.2, 0.25) is 0 Å². The van der Waals surface area contributed by atoms with Gasteiger partial charge in [-0.05, 0) is 143 Å². The molecule has 0 N–H and O–H groups in total. The molecule has 4 aliphatic rings. The molecule has 0 radical (unpaired) electrons. The molecular weight excluding hydrogens is 653 g/mol. The van der Waals surface area contributed by atoms with Gasteiger partial charge in [0.15, 0.2) is 0 Å². The Kier molecular flexibility index (Phi) is 6.61. The van der Waals surface area contributed by atoms with Crippen LogP contribution in [0.4, 0.5) is 22.7 Å². The zero-order valence-electron chi connectivity index (χ0n) is 32.0. The fourth-order valence-corrected chi connectivity index (χ4v) is 12.2. The number of hydrogen-bond acceptors (Lipinski definition) is 2. The molecule has 0 saturated heterocycles. The van der Waals surface area contributed by atoms with E-state index in [1.807, 2.05) is 0 Å².